The quantitative estimate of drug-likeness (QED) is 0.494. The van der Waals surface area contributed by atoms with Gasteiger partial charge in [-0.3, -0.25) is 19.6 Å². The fraction of sp³-hybridized carbons (Fsp3) is 0.556. The Bertz CT molecular complexity index is 1160. The lowest BCUT2D eigenvalue weighted by Gasteiger charge is -2.37. The second kappa shape index (κ2) is 12.1. The summed E-state index contributed by atoms with van der Waals surface area (Å²) in [5, 5.41) is 2.69. The summed E-state index contributed by atoms with van der Waals surface area (Å²) in [5.74, 6) is 0.793. The van der Waals surface area contributed by atoms with E-state index in [1.807, 2.05) is 24.3 Å². The van der Waals surface area contributed by atoms with Crippen molar-refractivity contribution in [3.8, 4) is 5.69 Å². The molecule has 5 N–H and O–H groups in total. The van der Waals surface area contributed by atoms with E-state index in [1.54, 1.807) is 35.9 Å². The highest BCUT2D eigenvalue weighted by Crippen LogP contribution is 2.21. The maximum Gasteiger partial charge on any atom is 0.354 e. The number of nitrogens with zero attached hydrogens (tertiary/aromatic N) is 5. The highest BCUT2D eigenvalue weighted by Gasteiger charge is 2.31. The van der Waals surface area contributed by atoms with Gasteiger partial charge in [-0.25, -0.2) is 9.59 Å². The maximum atomic E-state index is 12.7. The number of nitrogens with two attached hydrogens (primary N) is 2. The Morgan fingerprint density at radius 2 is 1.63 bits per heavy atom. The van der Waals surface area contributed by atoms with Crippen molar-refractivity contribution in [1.82, 2.24) is 24.3 Å². The molecule has 2 saturated heterocycles. The lowest BCUT2D eigenvalue weighted by Crippen LogP contribution is -2.58. The van der Waals surface area contributed by atoms with Gasteiger partial charge in [0.2, 0.25) is 5.91 Å². The normalized spacial score (nSPS) is 17.5. The van der Waals surface area contributed by atoms with Gasteiger partial charge in [-0.1, -0.05) is 12.1 Å². The second-order valence-electron chi connectivity index (χ2n) is 10.9. The van der Waals surface area contributed by atoms with Crippen molar-refractivity contribution in [2.45, 2.75) is 45.2 Å². The van der Waals surface area contributed by atoms with Gasteiger partial charge in [0.05, 0.1) is 11.2 Å². The standard InChI is InChI=1S/C27H40N8O3/c1-27(2,29)24(36)33-15-17-34(18-16-33)25(37)30-23-10-14-35(26(38)31-23)22-5-3-21(4-6-22)19-32-12-8-20(7-11-28)9-13-32/h3-6,10,14,20H,7-9,11-13,15-19,28-29H2,1-2H3,(H,30,31,37,38). The van der Waals surface area contributed by atoms with Crippen LogP contribution >= 0.6 is 0 Å². The molecule has 0 saturated carbocycles. The largest absolute Gasteiger partial charge is 0.354 e. The summed E-state index contributed by atoms with van der Waals surface area (Å²) in [6.45, 7) is 8.74. The summed E-state index contributed by atoms with van der Waals surface area (Å²) < 4.78 is 1.46. The van der Waals surface area contributed by atoms with Crippen LogP contribution in [0.1, 0.15) is 38.7 Å². The summed E-state index contributed by atoms with van der Waals surface area (Å²) in [6, 6.07) is 9.17. The number of benzene rings is 1. The third kappa shape index (κ3) is 6.97. The van der Waals surface area contributed by atoms with E-state index in [-0.39, 0.29) is 17.8 Å². The predicted octanol–water partition coefficient (Wildman–Crippen LogP) is 1.21. The predicted molar refractivity (Wildman–Crippen MR) is 147 cm³/mol. The van der Waals surface area contributed by atoms with Crippen LogP contribution in [0, 0.1) is 5.92 Å². The van der Waals surface area contributed by atoms with Gasteiger partial charge < -0.3 is 21.3 Å². The zero-order chi connectivity index (χ0) is 27.3. The molecule has 2 fully saturated rings. The highest BCUT2D eigenvalue weighted by molar-refractivity contribution is 5.89. The van der Waals surface area contributed by atoms with Crippen LogP contribution in [0.25, 0.3) is 5.69 Å². The van der Waals surface area contributed by atoms with Gasteiger partial charge in [0.15, 0.2) is 0 Å². The minimum absolute atomic E-state index is 0.140. The Balaban J connectivity index is 1.30. The molecule has 0 bridgehead atoms. The fourth-order valence-electron chi connectivity index (χ4n) is 5.07. The summed E-state index contributed by atoms with van der Waals surface area (Å²) >= 11 is 0. The average molecular weight is 525 g/mol. The summed E-state index contributed by atoms with van der Waals surface area (Å²) in [4.78, 5) is 47.5. The molecular formula is C27H40N8O3. The van der Waals surface area contributed by atoms with Crippen LogP contribution in [0.3, 0.4) is 0 Å². The molecule has 2 aliphatic rings. The zero-order valence-electron chi connectivity index (χ0n) is 22.4. The average Bonchev–Trinajstić information content (AvgIpc) is 2.90. The van der Waals surface area contributed by atoms with E-state index < -0.39 is 11.2 Å². The summed E-state index contributed by atoms with van der Waals surface area (Å²) in [7, 11) is 0. The fourth-order valence-corrected chi connectivity index (χ4v) is 5.07. The Labute approximate surface area is 223 Å². The van der Waals surface area contributed by atoms with Crippen LogP contribution in [-0.2, 0) is 11.3 Å². The number of carbonyl (C=O) groups is 2. The van der Waals surface area contributed by atoms with Gasteiger partial charge in [0, 0.05) is 38.9 Å². The van der Waals surface area contributed by atoms with Crippen LogP contribution in [0.2, 0.25) is 0 Å². The molecular weight excluding hydrogens is 484 g/mol. The number of piperazine rings is 1. The third-order valence-electron chi connectivity index (χ3n) is 7.35. The first-order valence-electron chi connectivity index (χ1n) is 13.4. The van der Waals surface area contributed by atoms with Crippen molar-refractivity contribution in [1.29, 1.82) is 0 Å². The van der Waals surface area contributed by atoms with Crippen molar-refractivity contribution in [2.75, 3.05) is 51.1 Å². The monoisotopic (exact) mass is 524 g/mol. The molecule has 11 nitrogen and oxygen atoms in total. The molecule has 0 aliphatic carbocycles. The second-order valence-corrected chi connectivity index (χ2v) is 10.9. The number of rotatable bonds is 7. The lowest BCUT2D eigenvalue weighted by atomic mass is 9.93. The van der Waals surface area contributed by atoms with E-state index in [0.29, 0.717) is 26.2 Å². The first-order chi connectivity index (χ1) is 18.1. The van der Waals surface area contributed by atoms with Crippen LogP contribution in [0.5, 0.6) is 0 Å². The Morgan fingerprint density at radius 1 is 1.00 bits per heavy atom. The van der Waals surface area contributed by atoms with Gasteiger partial charge >= 0.3 is 11.7 Å². The van der Waals surface area contributed by atoms with Gasteiger partial charge in [0.25, 0.3) is 0 Å². The van der Waals surface area contributed by atoms with Crippen LogP contribution in [0.4, 0.5) is 10.6 Å². The number of nitrogens with one attached hydrogen (secondary N) is 1. The minimum atomic E-state index is -0.944. The molecule has 1 aromatic heterocycles. The molecule has 0 atom stereocenters. The van der Waals surface area contributed by atoms with E-state index in [2.05, 4.69) is 15.2 Å². The maximum absolute atomic E-state index is 12.7. The van der Waals surface area contributed by atoms with Crippen LogP contribution in [-0.4, -0.2) is 87.5 Å². The molecule has 3 heterocycles. The van der Waals surface area contributed by atoms with Crippen LogP contribution in [0.15, 0.2) is 41.3 Å². The smallest absolute Gasteiger partial charge is 0.338 e. The van der Waals surface area contributed by atoms with Crippen molar-refractivity contribution < 1.29 is 9.59 Å². The molecule has 4 rings (SSSR count). The number of hydrogen-bond donors (Lipinski definition) is 3. The molecule has 0 spiro atoms. The van der Waals surface area contributed by atoms with Gasteiger partial charge in [-0.15, -0.1) is 0 Å². The zero-order valence-corrected chi connectivity index (χ0v) is 22.4. The number of carbonyl (C=O) groups excluding carboxylic acids is 2. The lowest BCUT2D eigenvalue weighted by molar-refractivity contribution is -0.137. The highest BCUT2D eigenvalue weighted by atomic mass is 16.2. The number of amides is 3. The minimum Gasteiger partial charge on any atom is -0.338 e. The Kier molecular flexibility index (Phi) is 8.80. The molecule has 3 amide bonds. The summed E-state index contributed by atoms with van der Waals surface area (Å²) in [5.41, 5.74) is 12.1. The first-order valence-corrected chi connectivity index (χ1v) is 13.4. The number of hydrogen-bond acceptors (Lipinski definition) is 7. The van der Waals surface area contributed by atoms with Gasteiger partial charge in [-0.05, 0) is 82.4 Å². The van der Waals surface area contributed by atoms with Gasteiger partial charge in [-0.2, -0.15) is 4.98 Å². The van der Waals surface area contributed by atoms with E-state index in [9.17, 15) is 14.4 Å². The number of anilines is 1. The Hall–Kier alpha value is -3.28. The molecule has 0 radical (unpaired) electrons. The first kappa shape index (κ1) is 27.7. The summed E-state index contributed by atoms with van der Waals surface area (Å²) in [6.07, 6.45) is 5.12. The molecule has 2 aliphatic heterocycles. The molecule has 2 aromatic rings. The van der Waals surface area contributed by atoms with E-state index >= 15 is 0 Å². The van der Waals surface area contributed by atoms with E-state index in [0.717, 1.165) is 44.2 Å². The molecule has 1 aromatic carbocycles. The van der Waals surface area contributed by atoms with Gasteiger partial charge in [0.1, 0.15) is 5.82 Å². The third-order valence-corrected chi connectivity index (χ3v) is 7.35. The van der Waals surface area contributed by atoms with Crippen molar-refractivity contribution in [3.05, 3.63) is 52.6 Å². The topological polar surface area (TPSA) is 143 Å². The van der Waals surface area contributed by atoms with Crippen molar-refractivity contribution in [3.63, 3.8) is 0 Å². The van der Waals surface area contributed by atoms with Crippen molar-refractivity contribution in [2.24, 2.45) is 17.4 Å². The number of aromatic nitrogens is 2. The molecule has 11 heteroatoms. The SMILES string of the molecule is CC(C)(N)C(=O)N1CCN(C(=O)Nc2ccn(-c3ccc(CN4CCC(CCN)CC4)cc3)c(=O)n2)CC1. The Morgan fingerprint density at radius 3 is 2.21 bits per heavy atom. The number of piperidine rings is 1. The van der Waals surface area contributed by atoms with E-state index in [1.165, 1.54) is 23.0 Å². The number of urea groups is 1. The molecule has 0 unspecified atom stereocenters. The van der Waals surface area contributed by atoms with Crippen LogP contribution < -0.4 is 22.5 Å². The molecule has 206 valence electrons. The van der Waals surface area contributed by atoms with E-state index in [4.69, 9.17) is 11.5 Å². The molecule has 38 heavy (non-hydrogen) atoms. The number of likely N-dealkylation sites (tertiary alicyclic amines) is 1. The van der Waals surface area contributed by atoms with Crippen molar-refractivity contribution >= 4 is 17.8 Å².